The van der Waals surface area contributed by atoms with Crippen molar-refractivity contribution >= 4 is 33.8 Å². The molecule has 0 N–H and O–H groups in total. The lowest BCUT2D eigenvalue weighted by atomic mass is 10.1. The molecule has 0 bridgehead atoms. The van der Waals surface area contributed by atoms with Crippen LogP contribution < -0.4 is 0 Å². The first kappa shape index (κ1) is 17.9. The molecule has 0 unspecified atom stereocenters. The molecule has 0 aliphatic heterocycles. The topological polar surface area (TPSA) is 82.5 Å². The molecule has 0 aliphatic rings. The van der Waals surface area contributed by atoms with Crippen molar-refractivity contribution in [2.45, 2.75) is 51.1 Å². The van der Waals surface area contributed by atoms with Gasteiger partial charge in [-0.1, -0.05) is 55.9 Å². The summed E-state index contributed by atoms with van der Waals surface area (Å²) >= 11 is 1.47. The van der Waals surface area contributed by atoms with Gasteiger partial charge in [-0.2, -0.15) is 4.98 Å². The van der Waals surface area contributed by atoms with E-state index in [9.17, 15) is 0 Å². The van der Waals surface area contributed by atoms with Crippen LogP contribution >= 0.6 is 11.8 Å². The molecule has 0 fully saturated rings. The van der Waals surface area contributed by atoms with Crippen LogP contribution in [0.3, 0.4) is 0 Å². The van der Waals surface area contributed by atoms with Gasteiger partial charge in [0, 0.05) is 18.4 Å². The summed E-state index contributed by atoms with van der Waals surface area (Å²) in [5.74, 6) is 2.39. The lowest BCUT2D eigenvalue weighted by molar-refractivity contribution is 0.360. The van der Waals surface area contributed by atoms with E-state index < -0.39 is 0 Å². The highest BCUT2D eigenvalue weighted by Crippen LogP contribution is 2.28. The molecule has 4 rings (SSSR count). The number of aromatic nitrogens is 6. The van der Waals surface area contributed by atoms with E-state index in [2.05, 4.69) is 57.8 Å². The molecule has 0 saturated carbocycles. The van der Waals surface area contributed by atoms with Crippen LogP contribution in [-0.2, 0) is 18.7 Å². The summed E-state index contributed by atoms with van der Waals surface area (Å²) in [7, 11) is 0. The van der Waals surface area contributed by atoms with E-state index >= 15 is 0 Å². The van der Waals surface area contributed by atoms with Gasteiger partial charge in [-0.05, 0) is 18.4 Å². The molecule has 7 nitrogen and oxygen atoms in total. The molecule has 1 aromatic carbocycles. The van der Waals surface area contributed by atoms with Crippen LogP contribution in [0.2, 0.25) is 0 Å². The van der Waals surface area contributed by atoms with Gasteiger partial charge in [-0.25, -0.2) is 4.98 Å². The maximum Gasteiger partial charge on any atom is 0.226 e. The quantitative estimate of drug-likeness (QED) is 0.442. The monoisotopic (exact) mass is 382 g/mol. The van der Waals surface area contributed by atoms with Crippen molar-refractivity contribution in [1.29, 1.82) is 0 Å². The molecule has 0 radical (unpaired) electrons. The first-order valence-corrected chi connectivity index (χ1v) is 10.2. The van der Waals surface area contributed by atoms with Gasteiger partial charge in [0.15, 0.2) is 11.5 Å². The van der Waals surface area contributed by atoms with E-state index in [-0.39, 0.29) is 0 Å². The zero-order chi connectivity index (χ0) is 18.8. The van der Waals surface area contributed by atoms with Crippen molar-refractivity contribution in [3.05, 3.63) is 36.0 Å². The van der Waals surface area contributed by atoms with Gasteiger partial charge in [0.25, 0.3) is 0 Å². The first-order chi connectivity index (χ1) is 13.2. The van der Waals surface area contributed by atoms with Crippen LogP contribution in [0.25, 0.3) is 22.1 Å². The van der Waals surface area contributed by atoms with E-state index in [1.54, 1.807) is 0 Å². The second kappa shape index (κ2) is 7.64. The van der Waals surface area contributed by atoms with E-state index in [0.717, 1.165) is 41.5 Å². The van der Waals surface area contributed by atoms with E-state index in [4.69, 9.17) is 9.51 Å². The Morgan fingerprint density at radius 1 is 1.15 bits per heavy atom. The lowest BCUT2D eigenvalue weighted by Crippen LogP contribution is -2.00. The van der Waals surface area contributed by atoms with Gasteiger partial charge < -0.3 is 9.09 Å². The zero-order valence-corrected chi connectivity index (χ0v) is 16.5. The molecular formula is C19H22N6OS. The molecule has 0 spiro atoms. The molecule has 3 heterocycles. The normalized spacial score (nSPS) is 11.9. The van der Waals surface area contributed by atoms with Crippen LogP contribution in [0.4, 0.5) is 0 Å². The van der Waals surface area contributed by atoms with Crippen LogP contribution in [0.5, 0.6) is 0 Å². The minimum absolute atomic E-state index is 0.487. The molecule has 27 heavy (non-hydrogen) atoms. The van der Waals surface area contributed by atoms with Crippen molar-refractivity contribution in [3.63, 3.8) is 0 Å². The fraction of sp³-hybridized carbons (Fsp3) is 0.421. The minimum Gasteiger partial charge on any atom is -0.339 e. The Morgan fingerprint density at radius 2 is 2.00 bits per heavy atom. The SMILES string of the molecule is CCCn1c2ccccc2c2nnc(SCc3noc(CC(C)C)n3)nc21. The molecule has 0 aliphatic carbocycles. The van der Waals surface area contributed by atoms with Gasteiger partial charge in [0.2, 0.25) is 11.0 Å². The van der Waals surface area contributed by atoms with Crippen molar-refractivity contribution in [1.82, 2.24) is 29.9 Å². The predicted molar refractivity (Wildman–Crippen MR) is 106 cm³/mol. The third-order valence-electron chi connectivity index (χ3n) is 4.23. The molecule has 140 valence electrons. The van der Waals surface area contributed by atoms with Crippen molar-refractivity contribution in [2.24, 2.45) is 5.92 Å². The van der Waals surface area contributed by atoms with Crippen LogP contribution in [-0.4, -0.2) is 29.9 Å². The van der Waals surface area contributed by atoms with Gasteiger partial charge in [-0.15, -0.1) is 10.2 Å². The van der Waals surface area contributed by atoms with Gasteiger partial charge >= 0.3 is 0 Å². The van der Waals surface area contributed by atoms with E-state index in [1.165, 1.54) is 11.8 Å². The summed E-state index contributed by atoms with van der Waals surface area (Å²) in [6.07, 6.45) is 1.82. The summed E-state index contributed by atoms with van der Waals surface area (Å²) in [4.78, 5) is 9.20. The highest BCUT2D eigenvalue weighted by atomic mass is 32.2. The third kappa shape index (κ3) is 3.66. The zero-order valence-electron chi connectivity index (χ0n) is 15.7. The predicted octanol–water partition coefficient (Wildman–Crippen LogP) is 4.26. The average molecular weight is 382 g/mol. The summed E-state index contributed by atoms with van der Waals surface area (Å²) in [6, 6.07) is 8.24. The van der Waals surface area contributed by atoms with Crippen molar-refractivity contribution < 1.29 is 4.52 Å². The third-order valence-corrected chi connectivity index (χ3v) is 5.06. The molecule has 0 saturated heterocycles. The number of rotatable bonds is 7. The smallest absolute Gasteiger partial charge is 0.226 e. The maximum absolute atomic E-state index is 5.29. The molecule has 4 aromatic rings. The van der Waals surface area contributed by atoms with Crippen LogP contribution in [0.15, 0.2) is 33.9 Å². The Kier molecular flexibility index (Phi) is 5.07. The van der Waals surface area contributed by atoms with Crippen LogP contribution in [0, 0.1) is 5.92 Å². The van der Waals surface area contributed by atoms with E-state index in [1.807, 2.05) is 12.1 Å². The second-order valence-corrected chi connectivity index (χ2v) is 7.87. The van der Waals surface area contributed by atoms with Gasteiger partial charge in [-0.3, -0.25) is 0 Å². The number of benzene rings is 1. The highest BCUT2D eigenvalue weighted by Gasteiger charge is 2.15. The second-order valence-electron chi connectivity index (χ2n) is 6.93. The van der Waals surface area contributed by atoms with Gasteiger partial charge in [0.05, 0.1) is 11.3 Å². The van der Waals surface area contributed by atoms with Crippen molar-refractivity contribution in [3.8, 4) is 0 Å². The maximum atomic E-state index is 5.29. The highest BCUT2D eigenvalue weighted by molar-refractivity contribution is 7.98. The van der Waals surface area contributed by atoms with Gasteiger partial charge in [0.1, 0.15) is 5.52 Å². The Bertz CT molecular complexity index is 1070. The average Bonchev–Trinajstić information content (AvgIpc) is 3.23. The number of hydrogen-bond acceptors (Lipinski definition) is 7. The summed E-state index contributed by atoms with van der Waals surface area (Å²) < 4.78 is 7.51. The number of hydrogen-bond donors (Lipinski definition) is 0. The molecule has 0 amide bonds. The summed E-state index contributed by atoms with van der Waals surface area (Å²) in [5, 5.41) is 14.5. The van der Waals surface area contributed by atoms with E-state index in [0.29, 0.717) is 28.5 Å². The first-order valence-electron chi connectivity index (χ1n) is 9.21. The Labute approximate surface area is 161 Å². The molecular weight excluding hydrogens is 360 g/mol. The summed E-state index contributed by atoms with van der Waals surface area (Å²) in [6.45, 7) is 7.32. The standard InChI is InChI=1S/C19H22N6OS/c1-4-9-25-14-8-6-5-7-13(14)17-18(25)21-19(23-22-17)27-11-15-20-16(26-24-15)10-12(2)3/h5-8,12H,4,9-11H2,1-3H3. The van der Waals surface area contributed by atoms with Crippen molar-refractivity contribution in [2.75, 3.05) is 0 Å². The number of nitrogens with zero attached hydrogens (tertiary/aromatic N) is 6. The molecule has 8 heteroatoms. The number of thioether (sulfide) groups is 1. The Balaban J connectivity index is 1.60. The fourth-order valence-electron chi connectivity index (χ4n) is 3.11. The largest absolute Gasteiger partial charge is 0.339 e. The van der Waals surface area contributed by atoms with Crippen LogP contribution in [0.1, 0.15) is 38.9 Å². The molecule has 3 aromatic heterocycles. The lowest BCUT2D eigenvalue weighted by Gasteiger charge is -2.04. The fourth-order valence-corrected chi connectivity index (χ4v) is 3.74. The Hall–Kier alpha value is -2.48. The number of aryl methyl sites for hydroxylation is 1. The summed E-state index contributed by atoms with van der Waals surface area (Å²) in [5.41, 5.74) is 2.88. The molecule has 0 atom stereocenters. The number of para-hydroxylation sites is 1. The number of fused-ring (bicyclic) bond motifs is 3. The Morgan fingerprint density at radius 3 is 2.81 bits per heavy atom. The minimum atomic E-state index is 0.487.